The molecule has 0 saturated heterocycles. The highest BCUT2D eigenvalue weighted by Crippen LogP contribution is 2.21. The summed E-state index contributed by atoms with van der Waals surface area (Å²) in [6, 6.07) is 15.9. The van der Waals surface area contributed by atoms with E-state index in [1.165, 1.54) is 11.3 Å². The number of carbonyl (C=O) groups excluding carboxylic acids is 1. The minimum Gasteiger partial charge on any atom is -0.347 e. The van der Waals surface area contributed by atoms with Crippen molar-refractivity contribution in [3.8, 4) is 0 Å². The number of carbonyl (C=O) groups is 1. The molecule has 4 aromatic rings. The van der Waals surface area contributed by atoms with Crippen LogP contribution in [-0.4, -0.2) is 15.9 Å². The molecule has 0 aliphatic rings. The van der Waals surface area contributed by atoms with E-state index in [1.807, 2.05) is 69.3 Å². The second-order valence-electron chi connectivity index (χ2n) is 7.46. The van der Waals surface area contributed by atoms with Gasteiger partial charge in [0.05, 0.1) is 16.2 Å². The summed E-state index contributed by atoms with van der Waals surface area (Å²) in [6.07, 6.45) is 0.697. The van der Waals surface area contributed by atoms with Crippen LogP contribution >= 0.6 is 11.3 Å². The number of nitrogens with one attached hydrogen (secondary N) is 2. The molecule has 0 spiro atoms. The van der Waals surface area contributed by atoms with Gasteiger partial charge in [0.15, 0.2) is 0 Å². The van der Waals surface area contributed by atoms with E-state index in [0.717, 1.165) is 32.6 Å². The van der Waals surface area contributed by atoms with Crippen molar-refractivity contribution in [2.24, 2.45) is 0 Å². The minimum atomic E-state index is -0.205. The molecule has 0 fully saturated rings. The Morgan fingerprint density at radius 2 is 1.87 bits per heavy atom. The Balaban J connectivity index is 1.50. The van der Waals surface area contributed by atoms with E-state index in [2.05, 4.69) is 15.3 Å². The lowest BCUT2D eigenvalue weighted by molar-refractivity contribution is 0.0954. The van der Waals surface area contributed by atoms with E-state index in [-0.39, 0.29) is 18.0 Å². The van der Waals surface area contributed by atoms with Gasteiger partial charge in [-0.05, 0) is 48.9 Å². The van der Waals surface area contributed by atoms with Gasteiger partial charge in [-0.15, -0.1) is 11.3 Å². The van der Waals surface area contributed by atoms with Crippen molar-refractivity contribution in [2.75, 3.05) is 0 Å². The second-order valence-corrected chi connectivity index (χ2v) is 8.55. The largest absolute Gasteiger partial charge is 0.347 e. The molecular weight excluding hydrogens is 394 g/mol. The number of hydrogen-bond acceptors (Lipinski definition) is 4. The van der Waals surface area contributed by atoms with Gasteiger partial charge in [0.25, 0.3) is 11.5 Å². The van der Waals surface area contributed by atoms with Crippen LogP contribution in [0.5, 0.6) is 0 Å². The SMILES string of the molecule is Cc1ccc2cc(CNC(=O)c3sc(Cc4ccccc4)nc3C)c(=O)[nH]c2c1C. The summed E-state index contributed by atoms with van der Waals surface area (Å²) in [5, 5.41) is 4.74. The number of nitrogens with zero attached hydrogens (tertiary/aromatic N) is 1. The number of aromatic amines is 1. The van der Waals surface area contributed by atoms with Gasteiger partial charge in [-0.25, -0.2) is 4.98 Å². The van der Waals surface area contributed by atoms with Gasteiger partial charge in [0.1, 0.15) is 4.88 Å². The number of aromatic nitrogens is 2. The molecule has 0 unspecified atom stereocenters. The molecule has 4 rings (SSSR count). The van der Waals surface area contributed by atoms with E-state index in [1.54, 1.807) is 0 Å². The van der Waals surface area contributed by atoms with Crippen LogP contribution in [0.3, 0.4) is 0 Å². The minimum absolute atomic E-state index is 0.169. The van der Waals surface area contributed by atoms with Crippen LogP contribution in [0.2, 0.25) is 0 Å². The molecule has 30 heavy (non-hydrogen) atoms. The summed E-state index contributed by atoms with van der Waals surface area (Å²) in [6.45, 7) is 6.02. The number of aryl methyl sites for hydroxylation is 3. The van der Waals surface area contributed by atoms with Gasteiger partial charge in [0.2, 0.25) is 0 Å². The summed E-state index contributed by atoms with van der Waals surface area (Å²) in [5.41, 5.74) is 5.26. The zero-order valence-electron chi connectivity index (χ0n) is 17.2. The molecule has 0 saturated carbocycles. The van der Waals surface area contributed by atoms with Gasteiger partial charge in [-0.3, -0.25) is 9.59 Å². The highest BCUT2D eigenvalue weighted by atomic mass is 32.1. The maximum Gasteiger partial charge on any atom is 0.263 e. The van der Waals surface area contributed by atoms with Gasteiger partial charge in [-0.2, -0.15) is 0 Å². The summed E-state index contributed by atoms with van der Waals surface area (Å²) in [5.74, 6) is -0.205. The predicted octanol–water partition coefficient (Wildman–Crippen LogP) is 4.43. The van der Waals surface area contributed by atoms with Crippen LogP contribution in [0.25, 0.3) is 10.9 Å². The maximum atomic E-state index is 12.7. The molecule has 2 heterocycles. The Morgan fingerprint density at radius 3 is 2.63 bits per heavy atom. The van der Waals surface area contributed by atoms with E-state index in [9.17, 15) is 9.59 Å². The topological polar surface area (TPSA) is 74.8 Å². The lowest BCUT2D eigenvalue weighted by Gasteiger charge is -2.08. The van der Waals surface area contributed by atoms with Gasteiger partial charge >= 0.3 is 0 Å². The Hall–Kier alpha value is -3.25. The van der Waals surface area contributed by atoms with Crippen molar-refractivity contribution in [1.82, 2.24) is 15.3 Å². The summed E-state index contributed by atoms with van der Waals surface area (Å²) in [7, 11) is 0. The Bertz CT molecular complexity index is 1290. The fraction of sp³-hybridized carbons (Fsp3) is 0.208. The molecule has 2 aromatic carbocycles. The van der Waals surface area contributed by atoms with Gasteiger partial charge in [-0.1, -0.05) is 42.5 Å². The quantitative estimate of drug-likeness (QED) is 0.504. The summed E-state index contributed by atoms with van der Waals surface area (Å²) >= 11 is 1.40. The van der Waals surface area contributed by atoms with Crippen molar-refractivity contribution >= 4 is 28.1 Å². The zero-order valence-corrected chi connectivity index (χ0v) is 18.0. The first-order valence-electron chi connectivity index (χ1n) is 9.83. The first-order chi connectivity index (χ1) is 14.4. The third-order valence-electron chi connectivity index (χ3n) is 5.31. The molecule has 0 aliphatic heterocycles. The normalized spacial score (nSPS) is 11.0. The maximum absolute atomic E-state index is 12.7. The van der Waals surface area contributed by atoms with E-state index in [4.69, 9.17) is 0 Å². The molecule has 152 valence electrons. The first kappa shape index (κ1) is 20.0. The number of H-pyrrole nitrogens is 1. The van der Waals surface area contributed by atoms with Crippen LogP contribution in [0.4, 0.5) is 0 Å². The highest BCUT2D eigenvalue weighted by Gasteiger charge is 2.16. The monoisotopic (exact) mass is 417 g/mol. The standard InChI is InChI=1S/C24H23N3O2S/c1-14-9-10-18-12-19(23(28)27-21(18)15(14)2)13-25-24(29)22-16(3)26-20(30-22)11-17-7-5-4-6-8-17/h4-10,12H,11,13H2,1-3H3,(H,25,29)(H,27,28). The molecular formula is C24H23N3O2S. The molecule has 0 atom stereocenters. The molecule has 0 aliphatic carbocycles. The first-order valence-corrected chi connectivity index (χ1v) is 10.6. The lowest BCUT2D eigenvalue weighted by Crippen LogP contribution is -2.26. The van der Waals surface area contributed by atoms with Gasteiger partial charge in [0, 0.05) is 18.5 Å². The number of thiazole rings is 1. The number of pyridine rings is 1. The number of fused-ring (bicyclic) bond motifs is 1. The average molecular weight is 418 g/mol. The van der Waals surface area contributed by atoms with E-state index >= 15 is 0 Å². The molecule has 2 aromatic heterocycles. The molecule has 2 N–H and O–H groups in total. The third kappa shape index (κ3) is 4.04. The fourth-order valence-electron chi connectivity index (χ4n) is 3.47. The summed E-state index contributed by atoms with van der Waals surface area (Å²) < 4.78 is 0. The van der Waals surface area contributed by atoms with E-state index in [0.29, 0.717) is 22.6 Å². The van der Waals surface area contributed by atoms with Crippen molar-refractivity contribution in [3.63, 3.8) is 0 Å². The Morgan fingerprint density at radius 1 is 1.10 bits per heavy atom. The second kappa shape index (κ2) is 8.24. The van der Waals surface area contributed by atoms with Crippen LogP contribution in [0.15, 0.2) is 53.3 Å². The molecule has 5 nitrogen and oxygen atoms in total. The van der Waals surface area contributed by atoms with Crippen LogP contribution in [-0.2, 0) is 13.0 Å². The van der Waals surface area contributed by atoms with Gasteiger partial charge < -0.3 is 10.3 Å². The average Bonchev–Trinajstić information content (AvgIpc) is 3.10. The summed E-state index contributed by atoms with van der Waals surface area (Å²) in [4.78, 5) is 33.3. The number of amides is 1. The smallest absolute Gasteiger partial charge is 0.263 e. The molecule has 6 heteroatoms. The number of hydrogen-bond donors (Lipinski definition) is 2. The highest BCUT2D eigenvalue weighted by molar-refractivity contribution is 7.13. The Kier molecular flexibility index (Phi) is 5.50. The Labute approximate surface area is 178 Å². The fourth-order valence-corrected chi connectivity index (χ4v) is 4.48. The van der Waals surface area contributed by atoms with Crippen molar-refractivity contribution in [3.05, 3.63) is 96.7 Å². The lowest BCUT2D eigenvalue weighted by atomic mass is 10.0. The van der Waals surface area contributed by atoms with Crippen LogP contribution in [0, 0.1) is 20.8 Å². The van der Waals surface area contributed by atoms with Crippen molar-refractivity contribution in [1.29, 1.82) is 0 Å². The van der Waals surface area contributed by atoms with Crippen molar-refractivity contribution in [2.45, 2.75) is 33.7 Å². The number of rotatable bonds is 5. The van der Waals surface area contributed by atoms with Crippen LogP contribution < -0.4 is 10.9 Å². The molecule has 0 radical (unpaired) electrons. The third-order valence-corrected chi connectivity index (χ3v) is 6.47. The molecule has 0 bridgehead atoms. The molecule has 1 amide bonds. The van der Waals surface area contributed by atoms with Crippen LogP contribution in [0.1, 0.15) is 42.6 Å². The predicted molar refractivity (Wildman–Crippen MR) is 121 cm³/mol. The zero-order chi connectivity index (χ0) is 21.3. The van der Waals surface area contributed by atoms with Crippen molar-refractivity contribution < 1.29 is 4.79 Å². The van der Waals surface area contributed by atoms with E-state index < -0.39 is 0 Å². The number of benzene rings is 2.